The van der Waals surface area contributed by atoms with Gasteiger partial charge in [-0.15, -0.1) is 0 Å². The van der Waals surface area contributed by atoms with Crippen molar-refractivity contribution in [2.24, 2.45) is 0 Å². The van der Waals surface area contributed by atoms with Crippen LogP contribution in [0, 0.1) is 25.2 Å². The molecule has 6 heteroatoms. The van der Waals surface area contributed by atoms with Gasteiger partial charge < -0.3 is 15.6 Å². The van der Waals surface area contributed by atoms with E-state index in [4.69, 9.17) is 20.8 Å². The highest BCUT2D eigenvalue weighted by molar-refractivity contribution is 5.94. The number of hydrogen-bond donors (Lipinski definition) is 2. The molecule has 6 nitrogen and oxygen atoms in total. The summed E-state index contributed by atoms with van der Waals surface area (Å²) < 4.78 is 5.65. The third kappa shape index (κ3) is 2.77. The van der Waals surface area contributed by atoms with Gasteiger partial charge in [-0.2, -0.15) is 5.26 Å². The monoisotopic (exact) mass is 283 g/mol. The summed E-state index contributed by atoms with van der Waals surface area (Å²) in [4.78, 5) is 15.0. The van der Waals surface area contributed by atoms with Crippen LogP contribution in [0.3, 0.4) is 0 Å². The highest BCUT2D eigenvalue weighted by atomic mass is 16.5. The van der Waals surface area contributed by atoms with Crippen LogP contribution in [-0.4, -0.2) is 16.1 Å². The maximum atomic E-state index is 11.0. The quantitative estimate of drug-likeness (QED) is 0.896. The number of aryl methyl sites for hydroxylation is 2. The number of hydrogen-bond acceptors (Lipinski definition) is 5. The van der Waals surface area contributed by atoms with E-state index >= 15 is 0 Å². The average molecular weight is 283 g/mol. The molecule has 2 aromatic rings. The molecule has 0 unspecified atom stereocenters. The molecule has 0 radical (unpaired) electrons. The minimum Gasteiger partial charge on any atom is -0.478 e. The Kier molecular flexibility index (Phi) is 3.76. The van der Waals surface area contributed by atoms with E-state index in [0.29, 0.717) is 11.3 Å². The number of carboxylic acids is 1. The molecule has 0 saturated heterocycles. The summed E-state index contributed by atoms with van der Waals surface area (Å²) >= 11 is 0. The fourth-order valence-corrected chi connectivity index (χ4v) is 1.99. The van der Waals surface area contributed by atoms with Crippen molar-refractivity contribution in [2.75, 3.05) is 5.73 Å². The van der Waals surface area contributed by atoms with Gasteiger partial charge in [0.05, 0.1) is 17.2 Å². The van der Waals surface area contributed by atoms with Crippen LogP contribution in [0.1, 0.15) is 27.0 Å². The average Bonchev–Trinajstić information content (AvgIpc) is 2.43. The van der Waals surface area contributed by atoms with E-state index in [0.717, 1.165) is 11.1 Å². The van der Waals surface area contributed by atoms with Crippen molar-refractivity contribution in [3.63, 3.8) is 0 Å². The number of carbonyl (C=O) groups is 1. The van der Waals surface area contributed by atoms with E-state index in [2.05, 4.69) is 11.1 Å². The molecule has 1 aromatic heterocycles. The smallest absolute Gasteiger partial charge is 0.338 e. The number of carboxylic acid groups (broad SMARTS) is 1. The fourth-order valence-electron chi connectivity index (χ4n) is 1.99. The molecule has 0 fully saturated rings. The van der Waals surface area contributed by atoms with E-state index in [1.807, 2.05) is 0 Å². The highest BCUT2D eigenvalue weighted by Crippen LogP contribution is 2.32. The van der Waals surface area contributed by atoms with Crippen LogP contribution in [0.25, 0.3) is 0 Å². The Morgan fingerprint density at radius 1 is 1.38 bits per heavy atom. The molecule has 1 aromatic carbocycles. The maximum absolute atomic E-state index is 11.0. The van der Waals surface area contributed by atoms with E-state index in [9.17, 15) is 4.79 Å². The van der Waals surface area contributed by atoms with Gasteiger partial charge in [-0.25, -0.2) is 9.78 Å². The summed E-state index contributed by atoms with van der Waals surface area (Å²) in [6, 6.07) is 6.73. The van der Waals surface area contributed by atoms with Crippen molar-refractivity contribution in [3.05, 3.63) is 46.6 Å². The lowest BCUT2D eigenvalue weighted by atomic mass is 10.1. The normalized spacial score (nSPS) is 9.95. The molecule has 0 amide bonds. The molecule has 3 N–H and O–H groups in total. The van der Waals surface area contributed by atoms with E-state index < -0.39 is 5.97 Å². The van der Waals surface area contributed by atoms with Crippen LogP contribution in [0.5, 0.6) is 11.6 Å². The number of nitrogens with zero attached hydrogens (tertiary/aromatic N) is 2. The number of pyridine rings is 1. The molecule has 1 heterocycles. The van der Waals surface area contributed by atoms with E-state index in [1.165, 1.54) is 12.3 Å². The first-order valence-corrected chi connectivity index (χ1v) is 6.11. The van der Waals surface area contributed by atoms with E-state index in [-0.39, 0.29) is 17.1 Å². The molecule has 0 spiro atoms. The maximum Gasteiger partial charge on any atom is 0.338 e. The van der Waals surface area contributed by atoms with E-state index in [1.54, 1.807) is 26.0 Å². The Hall–Kier alpha value is -3.07. The van der Waals surface area contributed by atoms with Crippen LogP contribution >= 0.6 is 0 Å². The summed E-state index contributed by atoms with van der Waals surface area (Å²) in [6.45, 7) is 3.58. The number of anilines is 1. The summed E-state index contributed by atoms with van der Waals surface area (Å²) in [5, 5.41) is 18.0. The van der Waals surface area contributed by atoms with Gasteiger partial charge in [0.1, 0.15) is 11.4 Å². The SMILES string of the molecule is Cc1cc(C#N)cc(C)c1Oc1nccc(C(=O)O)c1N. The van der Waals surface area contributed by atoms with Crippen molar-refractivity contribution in [1.29, 1.82) is 5.26 Å². The van der Waals surface area contributed by atoms with Crippen molar-refractivity contribution in [3.8, 4) is 17.7 Å². The van der Waals surface area contributed by atoms with Crippen LogP contribution in [0.4, 0.5) is 5.69 Å². The van der Waals surface area contributed by atoms with Crippen LogP contribution in [0.15, 0.2) is 24.4 Å². The second-order valence-corrected chi connectivity index (χ2v) is 4.54. The summed E-state index contributed by atoms with van der Waals surface area (Å²) in [6.07, 6.45) is 1.32. The third-order valence-corrected chi connectivity index (χ3v) is 2.97. The molecule has 0 atom stereocenters. The zero-order valence-corrected chi connectivity index (χ0v) is 11.5. The number of rotatable bonds is 3. The van der Waals surface area contributed by atoms with Crippen LogP contribution in [0.2, 0.25) is 0 Å². The topological polar surface area (TPSA) is 109 Å². The lowest BCUT2D eigenvalue weighted by Crippen LogP contribution is -2.05. The lowest BCUT2D eigenvalue weighted by molar-refractivity contribution is 0.0697. The molecular weight excluding hydrogens is 270 g/mol. The van der Waals surface area contributed by atoms with Gasteiger partial charge in [-0.1, -0.05) is 0 Å². The molecule has 0 aliphatic carbocycles. The van der Waals surface area contributed by atoms with Gasteiger partial charge in [0, 0.05) is 6.20 Å². The first kappa shape index (κ1) is 14.3. The number of nitriles is 1. The Morgan fingerprint density at radius 3 is 2.52 bits per heavy atom. The summed E-state index contributed by atoms with van der Waals surface area (Å²) in [5.41, 5.74) is 7.68. The van der Waals surface area contributed by atoms with Crippen molar-refractivity contribution in [2.45, 2.75) is 13.8 Å². The lowest BCUT2D eigenvalue weighted by Gasteiger charge is -2.13. The zero-order chi connectivity index (χ0) is 15.6. The summed E-state index contributed by atoms with van der Waals surface area (Å²) in [5.74, 6) is -0.602. The molecule has 2 rings (SSSR count). The van der Waals surface area contributed by atoms with Gasteiger partial charge >= 0.3 is 5.97 Å². The number of aromatic nitrogens is 1. The predicted molar refractivity (Wildman–Crippen MR) is 76.3 cm³/mol. The molecule has 106 valence electrons. The predicted octanol–water partition coefficient (Wildman–Crippen LogP) is 2.64. The number of nitrogen functional groups attached to an aromatic ring is 1. The van der Waals surface area contributed by atoms with Crippen LogP contribution < -0.4 is 10.5 Å². The first-order chi connectivity index (χ1) is 9.93. The molecule has 21 heavy (non-hydrogen) atoms. The zero-order valence-electron chi connectivity index (χ0n) is 11.5. The molecule has 0 aliphatic rings. The largest absolute Gasteiger partial charge is 0.478 e. The third-order valence-electron chi connectivity index (χ3n) is 2.97. The van der Waals surface area contributed by atoms with Gasteiger partial charge in [-0.3, -0.25) is 0 Å². The second kappa shape index (κ2) is 5.51. The van der Waals surface area contributed by atoms with Crippen molar-refractivity contribution < 1.29 is 14.6 Å². The standard InChI is InChI=1S/C15H13N3O3/c1-8-5-10(7-16)6-9(2)13(8)21-14-12(17)11(15(19)20)3-4-18-14/h3-6H,17H2,1-2H3,(H,19,20). The first-order valence-electron chi connectivity index (χ1n) is 6.11. The minimum absolute atomic E-state index is 0.0332. The van der Waals surface area contributed by atoms with Gasteiger partial charge in [0.25, 0.3) is 0 Å². The Labute approximate surface area is 121 Å². The number of nitrogens with two attached hydrogens (primary N) is 1. The minimum atomic E-state index is -1.15. The molecule has 0 saturated carbocycles. The van der Waals surface area contributed by atoms with Crippen molar-refractivity contribution in [1.82, 2.24) is 4.98 Å². The fraction of sp³-hybridized carbons (Fsp3) is 0.133. The Morgan fingerprint density at radius 2 is 2.00 bits per heavy atom. The summed E-state index contributed by atoms with van der Waals surface area (Å²) in [7, 11) is 0. The Bertz CT molecular complexity index is 740. The van der Waals surface area contributed by atoms with Crippen LogP contribution in [-0.2, 0) is 0 Å². The number of aromatic carboxylic acids is 1. The van der Waals surface area contributed by atoms with Gasteiger partial charge in [-0.05, 0) is 43.2 Å². The Balaban J connectivity index is 2.47. The molecular formula is C15H13N3O3. The number of ether oxygens (including phenoxy) is 1. The highest BCUT2D eigenvalue weighted by Gasteiger charge is 2.16. The van der Waals surface area contributed by atoms with Gasteiger partial charge in [0.2, 0.25) is 5.88 Å². The molecule has 0 aliphatic heterocycles. The van der Waals surface area contributed by atoms with Crippen molar-refractivity contribution >= 4 is 11.7 Å². The molecule has 0 bridgehead atoms. The van der Waals surface area contributed by atoms with Gasteiger partial charge in [0.15, 0.2) is 0 Å². The number of benzene rings is 1. The second-order valence-electron chi connectivity index (χ2n) is 4.54.